The Morgan fingerprint density at radius 1 is 1.41 bits per heavy atom. The molecule has 0 aromatic rings. The predicted octanol–water partition coefficient (Wildman–Crippen LogP) is 0.226. The largest absolute Gasteiger partial charge is 0.377 e. The number of sulfone groups is 1. The Labute approximate surface area is 102 Å². The van der Waals surface area contributed by atoms with Gasteiger partial charge in [0.15, 0.2) is 9.84 Å². The molecule has 2 fully saturated rings. The molecule has 2 saturated heterocycles. The first-order chi connectivity index (χ1) is 8.05. The lowest BCUT2D eigenvalue weighted by atomic mass is 9.94. The lowest BCUT2D eigenvalue weighted by Crippen LogP contribution is -2.51. The molecule has 0 radical (unpaired) electrons. The number of hydrogen-bond acceptors (Lipinski definition) is 5. The molecule has 0 amide bonds. The Bertz CT molecular complexity index is 393. The van der Waals surface area contributed by atoms with Crippen LogP contribution in [0.5, 0.6) is 0 Å². The molecule has 0 spiro atoms. The van der Waals surface area contributed by atoms with Crippen molar-refractivity contribution in [3.05, 3.63) is 0 Å². The van der Waals surface area contributed by atoms with Gasteiger partial charge in [0.05, 0.1) is 23.7 Å². The highest BCUT2D eigenvalue weighted by Crippen LogP contribution is 2.23. The van der Waals surface area contributed by atoms with E-state index in [0.29, 0.717) is 19.4 Å². The monoisotopic (exact) mass is 258 g/mol. The van der Waals surface area contributed by atoms with Crippen molar-refractivity contribution in [3.63, 3.8) is 0 Å². The molecule has 1 unspecified atom stereocenters. The Balaban J connectivity index is 1.90. The van der Waals surface area contributed by atoms with Crippen LogP contribution in [0, 0.1) is 11.3 Å². The van der Waals surface area contributed by atoms with E-state index in [2.05, 4.69) is 11.4 Å². The maximum absolute atomic E-state index is 11.4. The zero-order valence-corrected chi connectivity index (χ0v) is 10.6. The molecule has 0 saturated carbocycles. The van der Waals surface area contributed by atoms with Crippen molar-refractivity contribution in [2.75, 3.05) is 24.7 Å². The third-order valence-electron chi connectivity index (χ3n) is 3.59. The number of nitriles is 1. The standard InChI is InChI=1S/C11H18N2O3S/c12-9-11(3-6-17(14,15)7-4-11)13-8-10-2-1-5-16-10/h10,13H,1-8H2. The highest BCUT2D eigenvalue weighted by Gasteiger charge is 2.37. The van der Waals surface area contributed by atoms with Gasteiger partial charge in [-0.3, -0.25) is 5.32 Å². The van der Waals surface area contributed by atoms with Gasteiger partial charge in [-0.1, -0.05) is 0 Å². The van der Waals surface area contributed by atoms with Crippen LogP contribution in [0.15, 0.2) is 0 Å². The summed E-state index contributed by atoms with van der Waals surface area (Å²) in [4.78, 5) is 0. The van der Waals surface area contributed by atoms with E-state index in [1.165, 1.54) is 0 Å². The van der Waals surface area contributed by atoms with Gasteiger partial charge in [0.1, 0.15) is 5.54 Å². The van der Waals surface area contributed by atoms with Crippen molar-refractivity contribution in [1.82, 2.24) is 5.32 Å². The smallest absolute Gasteiger partial charge is 0.150 e. The van der Waals surface area contributed by atoms with Crippen LogP contribution in [0.25, 0.3) is 0 Å². The van der Waals surface area contributed by atoms with Crippen LogP contribution >= 0.6 is 0 Å². The molecule has 2 aliphatic rings. The average molecular weight is 258 g/mol. The summed E-state index contributed by atoms with van der Waals surface area (Å²) in [5, 5.41) is 12.5. The third kappa shape index (κ3) is 3.18. The Hall–Kier alpha value is -0.640. The highest BCUT2D eigenvalue weighted by molar-refractivity contribution is 7.91. The predicted molar refractivity (Wildman–Crippen MR) is 63.2 cm³/mol. The molecule has 0 bridgehead atoms. The number of rotatable bonds is 3. The van der Waals surface area contributed by atoms with Crippen molar-refractivity contribution in [3.8, 4) is 6.07 Å². The second kappa shape index (κ2) is 4.92. The molecule has 0 aliphatic carbocycles. The molecule has 2 rings (SSSR count). The normalized spacial score (nSPS) is 30.9. The Morgan fingerprint density at radius 2 is 2.12 bits per heavy atom. The number of nitrogens with zero attached hydrogens (tertiary/aromatic N) is 1. The SMILES string of the molecule is N#CC1(NCC2CCCO2)CCS(=O)(=O)CC1. The molecule has 17 heavy (non-hydrogen) atoms. The maximum atomic E-state index is 11.4. The summed E-state index contributed by atoms with van der Waals surface area (Å²) in [5.74, 6) is 0.220. The van der Waals surface area contributed by atoms with E-state index in [4.69, 9.17) is 4.74 Å². The lowest BCUT2D eigenvalue weighted by molar-refractivity contribution is 0.103. The fourth-order valence-electron chi connectivity index (χ4n) is 2.33. The quantitative estimate of drug-likeness (QED) is 0.783. The first-order valence-electron chi connectivity index (χ1n) is 6.04. The lowest BCUT2D eigenvalue weighted by Gasteiger charge is -2.32. The van der Waals surface area contributed by atoms with Gasteiger partial charge in [0, 0.05) is 13.2 Å². The van der Waals surface area contributed by atoms with E-state index in [9.17, 15) is 13.7 Å². The molecule has 5 nitrogen and oxygen atoms in total. The fourth-order valence-corrected chi connectivity index (χ4v) is 3.85. The first kappa shape index (κ1) is 12.8. The van der Waals surface area contributed by atoms with Crippen LogP contribution in [-0.4, -0.2) is 44.7 Å². The van der Waals surface area contributed by atoms with Gasteiger partial charge in [0.25, 0.3) is 0 Å². The second-order valence-electron chi connectivity index (χ2n) is 4.86. The topological polar surface area (TPSA) is 79.2 Å². The highest BCUT2D eigenvalue weighted by atomic mass is 32.2. The van der Waals surface area contributed by atoms with Gasteiger partial charge in [-0.2, -0.15) is 5.26 Å². The number of ether oxygens (including phenoxy) is 1. The van der Waals surface area contributed by atoms with Crippen molar-refractivity contribution in [1.29, 1.82) is 5.26 Å². The summed E-state index contributed by atoms with van der Waals surface area (Å²) < 4.78 is 28.2. The van der Waals surface area contributed by atoms with E-state index in [1.807, 2.05) is 0 Å². The van der Waals surface area contributed by atoms with Crippen LogP contribution in [0.3, 0.4) is 0 Å². The minimum atomic E-state index is -2.92. The zero-order valence-electron chi connectivity index (χ0n) is 9.81. The van der Waals surface area contributed by atoms with Gasteiger partial charge in [-0.15, -0.1) is 0 Å². The molecule has 2 aliphatic heterocycles. The van der Waals surface area contributed by atoms with Crippen molar-refractivity contribution in [2.24, 2.45) is 0 Å². The van der Waals surface area contributed by atoms with Crippen LogP contribution in [0.1, 0.15) is 25.7 Å². The molecule has 2 heterocycles. The molecule has 0 aromatic carbocycles. The minimum Gasteiger partial charge on any atom is -0.377 e. The summed E-state index contributed by atoms with van der Waals surface area (Å²) in [5.41, 5.74) is -0.669. The van der Waals surface area contributed by atoms with Gasteiger partial charge in [-0.25, -0.2) is 8.42 Å². The minimum absolute atomic E-state index is 0.110. The number of hydrogen-bond donors (Lipinski definition) is 1. The molecule has 6 heteroatoms. The van der Waals surface area contributed by atoms with Crippen molar-refractivity contribution in [2.45, 2.75) is 37.3 Å². The van der Waals surface area contributed by atoms with Gasteiger partial charge in [-0.05, 0) is 25.7 Å². The zero-order chi connectivity index (χ0) is 12.4. The molecule has 1 atom stereocenters. The maximum Gasteiger partial charge on any atom is 0.150 e. The molecule has 0 aromatic heterocycles. The van der Waals surface area contributed by atoms with Gasteiger partial charge in [0.2, 0.25) is 0 Å². The Morgan fingerprint density at radius 3 is 2.65 bits per heavy atom. The summed E-state index contributed by atoms with van der Waals surface area (Å²) in [6.45, 7) is 1.44. The van der Waals surface area contributed by atoms with Gasteiger partial charge >= 0.3 is 0 Å². The van der Waals surface area contributed by atoms with E-state index in [0.717, 1.165) is 19.4 Å². The van der Waals surface area contributed by atoms with Crippen molar-refractivity contribution >= 4 is 9.84 Å². The summed E-state index contributed by atoms with van der Waals surface area (Å²) in [7, 11) is -2.92. The van der Waals surface area contributed by atoms with E-state index in [-0.39, 0.29) is 17.6 Å². The van der Waals surface area contributed by atoms with Gasteiger partial charge < -0.3 is 4.74 Å². The van der Waals surface area contributed by atoms with Crippen LogP contribution in [-0.2, 0) is 14.6 Å². The van der Waals surface area contributed by atoms with Crippen LogP contribution < -0.4 is 5.32 Å². The molecular formula is C11H18N2O3S. The summed E-state index contributed by atoms with van der Waals surface area (Å²) in [6, 6.07) is 2.25. The summed E-state index contributed by atoms with van der Waals surface area (Å²) >= 11 is 0. The Kier molecular flexibility index (Phi) is 3.71. The van der Waals surface area contributed by atoms with E-state index < -0.39 is 15.4 Å². The van der Waals surface area contributed by atoms with E-state index in [1.54, 1.807) is 0 Å². The van der Waals surface area contributed by atoms with Crippen molar-refractivity contribution < 1.29 is 13.2 Å². The third-order valence-corrected chi connectivity index (χ3v) is 5.24. The average Bonchev–Trinajstić information content (AvgIpc) is 2.82. The molecule has 96 valence electrons. The van der Waals surface area contributed by atoms with Crippen LogP contribution in [0.2, 0.25) is 0 Å². The summed E-state index contributed by atoms with van der Waals surface area (Å²) in [6.07, 6.45) is 3.04. The fraction of sp³-hybridized carbons (Fsp3) is 0.909. The number of nitrogens with one attached hydrogen (secondary N) is 1. The van der Waals surface area contributed by atoms with E-state index >= 15 is 0 Å². The first-order valence-corrected chi connectivity index (χ1v) is 7.86. The van der Waals surface area contributed by atoms with Crippen LogP contribution in [0.4, 0.5) is 0 Å². The second-order valence-corrected chi connectivity index (χ2v) is 7.17. The molecule has 1 N–H and O–H groups in total. The molecular weight excluding hydrogens is 240 g/mol.